The van der Waals surface area contributed by atoms with Gasteiger partial charge in [-0.1, -0.05) is 17.7 Å². The third kappa shape index (κ3) is 2.06. The van der Waals surface area contributed by atoms with Crippen LogP contribution in [-0.2, 0) is 10.0 Å². The van der Waals surface area contributed by atoms with E-state index in [2.05, 4.69) is 11.0 Å². The first-order valence-electron chi connectivity index (χ1n) is 4.75. The van der Waals surface area contributed by atoms with Gasteiger partial charge < -0.3 is 0 Å². The fourth-order valence-electron chi connectivity index (χ4n) is 1.53. The lowest BCUT2D eigenvalue weighted by molar-refractivity contribution is 0.596. The van der Waals surface area contributed by atoms with Crippen LogP contribution < -0.4 is 10.9 Å². The number of amidine groups is 1. The van der Waals surface area contributed by atoms with E-state index in [1.54, 1.807) is 12.1 Å². The van der Waals surface area contributed by atoms with E-state index in [9.17, 15) is 8.42 Å². The van der Waals surface area contributed by atoms with Gasteiger partial charge in [0, 0.05) is 11.4 Å². The van der Waals surface area contributed by atoms with Crippen LogP contribution in [0.5, 0.6) is 0 Å². The maximum Gasteiger partial charge on any atom is 0.286 e. The molecule has 0 amide bonds. The van der Waals surface area contributed by atoms with Gasteiger partial charge in [0.1, 0.15) is 10.7 Å². The Balaban J connectivity index is 2.66. The number of hydrogen-bond acceptors (Lipinski definition) is 4. The molecule has 1 heterocycles. The van der Waals surface area contributed by atoms with Gasteiger partial charge in [0.05, 0.1) is 5.69 Å². The van der Waals surface area contributed by atoms with Gasteiger partial charge in [0.2, 0.25) is 0 Å². The first-order chi connectivity index (χ1) is 7.95. The highest BCUT2D eigenvalue weighted by molar-refractivity contribution is 7.90. The van der Waals surface area contributed by atoms with Crippen molar-refractivity contribution in [3.63, 3.8) is 0 Å². The van der Waals surface area contributed by atoms with Crippen LogP contribution in [0.15, 0.2) is 40.1 Å². The van der Waals surface area contributed by atoms with Crippen molar-refractivity contribution in [1.29, 1.82) is 0 Å². The number of rotatable bonds is 2. The summed E-state index contributed by atoms with van der Waals surface area (Å²) < 4.78 is 27.4. The smallest absolute Gasteiger partial charge is 0.263 e. The number of hydrazine groups is 1. The average molecular weight is 272 g/mol. The molecule has 0 aromatic heterocycles. The van der Waals surface area contributed by atoms with Crippen LogP contribution in [-0.4, -0.2) is 14.3 Å². The van der Waals surface area contributed by atoms with Gasteiger partial charge in [-0.15, -0.1) is 11.0 Å². The second-order valence-corrected chi connectivity index (χ2v) is 5.47. The highest BCUT2D eigenvalue weighted by Gasteiger charge is 2.28. The monoisotopic (exact) mass is 271 g/mol. The minimum absolute atomic E-state index is 0.0142. The fraction of sp³-hybridized carbons (Fsp3) is 0.100. The van der Waals surface area contributed by atoms with E-state index in [0.717, 1.165) is 0 Å². The molecule has 0 spiro atoms. The number of sulfonamides is 1. The lowest BCUT2D eigenvalue weighted by atomic mass is 10.3. The molecule has 0 saturated carbocycles. The number of fused-ring (bicyclic) bond motifs is 1. The summed E-state index contributed by atoms with van der Waals surface area (Å²) in [6, 6.07) is 4.46. The molecule has 0 fully saturated rings. The predicted molar refractivity (Wildman–Crippen MR) is 67.6 cm³/mol. The molecule has 1 aromatic carbocycles. The van der Waals surface area contributed by atoms with E-state index in [0.29, 0.717) is 10.7 Å². The van der Waals surface area contributed by atoms with Crippen LogP contribution in [0.1, 0.15) is 6.42 Å². The quantitative estimate of drug-likeness (QED) is 0.656. The molecule has 1 aliphatic heterocycles. The Hall–Kier alpha value is -1.37. The summed E-state index contributed by atoms with van der Waals surface area (Å²) in [5.74, 6) is 6.03. The van der Waals surface area contributed by atoms with Gasteiger partial charge in [-0.05, 0) is 18.2 Å². The molecular weight excluding hydrogens is 262 g/mol. The molecule has 0 bridgehead atoms. The van der Waals surface area contributed by atoms with Crippen molar-refractivity contribution in [3.8, 4) is 0 Å². The average Bonchev–Trinajstić information content (AvgIpc) is 2.26. The summed E-state index contributed by atoms with van der Waals surface area (Å²) in [4.78, 5) is 0.0142. The van der Waals surface area contributed by atoms with Crippen LogP contribution in [0.2, 0.25) is 5.02 Å². The molecule has 17 heavy (non-hydrogen) atoms. The number of halogens is 1. The van der Waals surface area contributed by atoms with Crippen molar-refractivity contribution >= 4 is 33.1 Å². The fourth-order valence-corrected chi connectivity index (χ4v) is 3.01. The molecule has 2 N–H and O–H groups in total. The van der Waals surface area contributed by atoms with E-state index < -0.39 is 10.0 Å². The summed E-state index contributed by atoms with van der Waals surface area (Å²) in [5.41, 5.74) is 0.362. The number of nitrogens with zero attached hydrogens (tertiary/aromatic N) is 2. The van der Waals surface area contributed by atoms with E-state index in [-0.39, 0.29) is 17.2 Å². The van der Waals surface area contributed by atoms with Crippen LogP contribution >= 0.6 is 11.6 Å². The van der Waals surface area contributed by atoms with Gasteiger partial charge >= 0.3 is 0 Å². The highest BCUT2D eigenvalue weighted by atomic mass is 35.5. The molecular formula is C10H10ClN3O2S. The summed E-state index contributed by atoms with van der Waals surface area (Å²) in [6.45, 7) is 3.53. The van der Waals surface area contributed by atoms with Crippen molar-refractivity contribution in [2.24, 2.45) is 10.2 Å². The van der Waals surface area contributed by atoms with E-state index in [1.807, 2.05) is 0 Å². The van der Waals surface area contributed by atoms with Crippen LogP contribution in [0.25, 0.3) is 0 Å². The van der Waals surface area contributed by atoms with Crippen LogP contribution in [0, 0.1) is 0 Å². The number of benzene rings is 1. The Kier molecular flexibility index (Phi) is 2.94. The summed E-state index contributed by atoms with van der Waals surface area (Å²) >= 11 is 5.76. The second-order valence-electron chi connectivity index (χ2n) is 3.46. The molecule has 7 heteroatoms. The third-order valence-corrected chi connectivity index (χ3v) is 3.86. The Morgan fingerprint density at radius 3 is 2.88 bits per heavy atom. The molecule has 0 radical (unpaired) electrons. The van der Waals surface area contributed by atoms with E-state index in [4.69, 9.17) is 17.4 Å². The van der Waals surface area contributed by atoms with Crippen molar-refractivity contribution < 1.29 is 8.42 Å². The molecule has 0 unspecified atom stereocenters. The highest BCUT2D eigenvalue weighted by Crippen LogP contribution is 2.32. The number of nitrogens with two attached hydrogens (primary N) is 1. The Morgan fingerprint density at radius 2 is 2.24 bits per heavy atom. The zero-order valence-corrected chi connectivity index (χ0v) is 10.4. The van der Waals surface area contributed by atoms with Crippen molar-refractivity contribution in [2.75, 3.05) is 5.01 Å². The standard InChI is InChI=1S/C10H10ClN3O2S/c1-2-3-10-13-17(15,16)9-6-7(11)4-5-8(9)14(10)12/h2,4-6H,1,3,12H2. The normalized spacial score (nSPS) is 17.3. The lowest BCUT2D eigenvalue weighted by Crippen LogP contribution is -2.41. The number of anilines is 1. The van der Waals surface area contributed by atoms with E-state index >= 15 is 0 Å². The first kappa shape index (κ1) is 12.1. The molecule has 1 aliphatic rings. The minimum Gasteiger partial charge on any atom is -0.263 e. The van der Waals surface area contributed by atoms with Crippen molar-refractivity contribution in [2.45, 2.75) is 11.3 Å². The van der Waals surface area contributed by atoms with Gasteiger partial charge in [0.15, 0.2) is 0 Å². The largest absolute Gasteiger partial charge is 0.286 e. The SMILES string of the molecule is C=CCC1=NS(=O)(=O)c2cc(Cl)ccc2N1N. The van der Waals surface area contributed by atoms with Crippen molar-refractivity contribution in [3.05, 3.63) is 35.9 Å². The van der Waals surface area contributed by atoms with Gasteiger partial charge in [0.25, 0.3) is 10.0 Å². The van der Waals surface area contributed by atoms with Gasteiger partial charge in [-0.2, -0.15) is 8.42 Å². The second kappa shape index (κ2) is 4.14. The summed E-state index contributed by atoms with van der Waals surface area (Å²) in [5, 5.41) is 1.55. The maximum absolute atomic E-state index is 11.9. The van der Waals surface area contributed by atoms with Gasteiger partial charge in [-0.25, -0.2) is 5.84 Å². The number of hydrogen-bond donors (Lipinski definition) is 1. The Morgan fingerprint density at radius 1 is 1.53 bits per heavy atom. The zero-order valence-electron chi connectivity index (χ0n) is 8.80. The molecule has 2 rings (SSSR count). The van der Waals surface area contributed by atoms with E-state index in [1.165, 1.54) is 17.2 Å². The Bertz CT molecular complexity index is 610. The molecule has 0 aliphatic carbocycles. The molecule has 0 saturated heterocycles. The topological polar surface area (TPSA) is 75.8 Å². The van der Waals surface area contributed by atoms with Crippen molar-refractivity contribution in [1.82, 2.24) is 0 Å². The van der Waals surface area contributed by atoms with Gasteiger partial charge in [-0.3, -0.25) is 5.01 Å². The van der Waals surface area contributed by atoms with Crippen LogP contribution in [0.3, 0.4) is 0 Å². The zero-order chi connectivity index (χ0) is 12.6. The Labute approximate surface area is 104 Å². The molecule has 90 valence electrons. The summed E-state index contributed by atoms with van der Waals surface area (Å²) in [6.07, 6.45) is 1.81. The predicted octanol–water partition coefficient (Wildman–Crippen LogP) is 1.70. The molecule has 5 nitrogen and oxygen atoms in total. The third-order valence-electron chi connectivity index (χ3n) is 2.29. The molecule has 1 aromatic rings. The minimum atomic E-state index is -3.73. The molecule has 0 atom stereocenters. The summed E-state index contributed by atoms with van der Waals surface area (Å²) in [7, 11) is -3.73. The first-order valence-corrected chi connectivity index (χ1v) is 6.56. The lowest BCUT2D eigenvalue weighted by Gasteiger charge is -2.25. The maximum atomic E-state index is 11.9. The van der Waals surface area contributed by atoms with Crippen LogP contribution in [0.4, 0.5) is 5.69 Å².